The molecule has 2 aliphatic carbocycles. The summed E-state index contributed by atoms with van der Waals surface area (Å²) < 4.78 is 0. The van der Waals surface area contributed by atoms with Gasteiger partial charge in [0.1, 0.15) is 0 Å². The van der Waals surface area contributed by atoms with Crippen LogP contribution in [-0.2, 0) is 12.0 Å². The Hall–Kier alpha value is -5.50. The van der Waals surface area contributed by atoms with E-state index in [4.69, 9.17) is 5.73 Å². The minimum absolute atomic E-state index is 0.425. The molecule has 0 radical (unpaired) electrons. The first-order chi connectivity index (χ1) is 22.3. The number of hydrogen-bond acceptors (Lipinski definition) is 1. The van der Waals surface area contributed by atoms with Crippen molar-refractivity contribution in [1.82, 2.24) is 0 Å². The van der Waals surface area contributed by atoms with Crippen LogP contribution in [0.15, 0.2) is 152 Å². The van der Waals surface area contributed by atoms with E-state index in [1.165, 1.54) is 88.0 Å². The van der Waals surface area contributed by atoms with Crippen LogP contribution in [-0.4, -0.2) is 0 Å². The van der Waals surface area contributed by atoms with Gasteiger partial charge in [0, 0.05) is 6.54 Å². The molecule has 8 aromatic carbocycles. The Bertz CT molecular complexity index is 2490. The van der Waals surface area contributed by atoms with Gasteiger partial charge in [-0.1, -0.05) is 127 Å². The SMILES string of the molecule is NCc1cccc(-c2ccc3cc4c(cc3c2)C2(c3ccccc3-c3ccccc32)c2c-4c3ccccc3c3ccccc23)c1. The molecule has 0 unspecified atom stereocenters. The standard InChI is InChI=1S/C44H29N/c45-26-27-10-9-11-28(22-27)29-20-21-30-24-38-41(25-31(30)23-29)44(39-18-7-5-14-34(39)35-15-6-8-19-40(35)44)43-37-17-4-2-13-33(37)32-12-1-3-16-36(32)42(38)43/h1-25H,26,45H2. The largest absolute Gasteiger partial charge is 0.326 e. The van der Waals surface area contributed by atoms with Crippen LogP contribution >= 0.6 is 0 Å². The second kappa shape index (κ2) is 9.01. The fourth-order valence-electron chi connectivity index (χ4n) is 8.61. The summed E-state index contributed by atoms with van der Waals surface area (Å²) in [5.74, 6) is 0. The van der Waals surface area contributed by atoms with E-state index in [1.807, 2.05) is 0 Å². The molecule has 45 heavy (non-hydrogen) atoms. The second-order valence-electron chi connectivity index (χ2n) is 12.5. The molecule has 0 heterocycles. The first-order valence-corrected chi connectivity index (χ1v) is 15.8. The summed E-state index contributed by atoms with van der Waals surface area (Å²) in [5.41, 5.74) is 20.0. The maximum absolute atomic E-state index is 6.01. The molecular formula is C44H29N. The van der Waals surface area contributed by atoms with Gasteiger partial charge in [0.15, 0.2) is 0 Å². The molecule has 0 aliphatic heterocycles. The zero-order valence-corrected chi connectivity index (χ0v) is 24.7. The van der Waals surface area contributed by atoms with E-state index in [1.54, 1.807) is 0 Å². The minimum atomic E-state index is -0.425. The Labute approximate surface area is 262 Å². The van der Waals surface area contributed by atoms with E-state index in [0.29, 0.717) is 6.54 Å². The third kappa shape index (κ3) is 3.16. The van der Waals surface area contributed by atoms with Gasteiger partial charge in [-0.15, -0.1) is 0 Å². The van der Waals surface area contributed by atoms with Crippen molar-refractivity contribution in [2.75, 3.05) is 0 Å². The van der Waals surface area contributed by atoms with E-state index in [9.17, 15) is 0 Å². The molecule has 2 aliphatic rings. The lowest BCUT2D eigenvalue weighted by molar-refractivity contribution is 0.803. The van der Waals surface area contributed by atoms with E-state index in [2.05, 4.69) is 152 Å². The quantitative estimate of drug-likeness (QED) is 0.205. The maximum atomic E-state index is 6.01. The van der Waals surface area contributed by atoms with Gasteiger partial charge in [-0.3, -0.25) is 0 Å². The Morgan fingerprint density at radius 2 is 1.04 bits per heavy atom. The van der Waals surface area contributed by atoms with Gasteiger partial charge in [-0.05, 0) is 118 Å². The molecule has 0 aromatic heterocycles. The number of nitrogens with two attached hydrogens (primary N) is 1. The van der Waals surface area contributed by atoms with Crippen molar-refractivity contribution in [2.24, 2.45) is 5.73 Å². The van der Waals surface area contributed by atoms with Gasteiger partial charge in [-0.25, -0.2) is 0 Å². The number of benzene rings is 8. The van der Waals surface area contributed by atoms with E-state index in [0.717, 1.165) is 5.56 Å². The van der Waals surface area contributed by atoms with Crippen molar-refractivity contribution in [3.63, 3.8) is 0 Å². The predicted octanol–water partition coefficient (Wildman–Crippen LogP) is 10.6. The highest BCUT2D eigenvalue weighted by molar-refractivity contribution is 6.20. The van der Waals surface area contributed by atoms with Crippen LogP contribution < -0.4 is 5.73 Å². The van der Waals surface area contributed by atoms with Crippen LogP contribution in [0.25, 0.3) is 65.7 Å². The Morgan fingerprint density at radius 1 is 0.422 bits per heavy atom. The minimum Gasteiger partial charge on any atom is -0.326 e. The Balaban J connectivity index is 1.40. The van der Waals surface area contributed by atoms with Crippen molar-refractivity contribution >= 4 is 32.3 Å². The molecular weight excluding hydrogens is 542 g/mol. The first-order valence-electron chi connectivity index (χ1n) is 15.8. The van der Waals surface area contributed by atoms with Crippen LogP contribution in [0.4, 0.5) is 0 Å². The van der Waals surface area contributed by atoms with Crippen LogP contribution in [0, 0.1) is 0 Å². The van der Waals surface area contributed by atoms with E-state index < -0.39 is 5.41 Å². The van der Waals surface area contributed by atoms with Gasteiger partial charge in [0.25, 0.3) is 0 Å². The molecule has 2 N–H and O–H groups in total. The molecule has 1 heteroatoms. The lowest BCUT2D eigenvalue weighted by Gasteiger charge is -2.32. The number of hydrogen-bond donors (Lipinski definition) is 1. The summed E-state index contributed by atoms with van der Waals surface area (Å²) >= 11 is 0. The number of fused-ring (bicyclic) bond motifs is 16. The smallest absolute Gasteiger partial charge is 0.0731 e. The second-order valence-corrected chi connectivity index (χ2v) is 12.5. The zero-order valence-electron chi connectivity index (χ0n) is 24.7. The van der Waals surface area contributed by atoms with Crippen LogP contribution in [0.5, 0.6) is 0 Å². The monoisotopic (exact) mass is 571 g/mol. The van der Waals surface area contributed by atoms with E-state index in [-0.39, 0.29) is 0 Å². The van der Waals surface area contributed by atoms with Gasteiger partial charge in [0.2, 0.25) is 0 Å². The van der Waals surface area contributed by atoms with Crippen LogP contribution in [0.1, 0.15) is 27.8 Å². The molecule has 0 atom stereocenters. The van der Waals surface area contributed by atoms with Crippen molar-refractivity contribution in [1.29, 1.82) is 0 Å². The average molecular weight is 572 g/mol. The van der Waals surface area contributed by atoms with Crippen molar-refractivity contribution in [3.8, 4) is 33.4 Å². The predicted molar refractivity (Wildman–Crippen MR) is 189 cm³/mol. The summed E-state index contributed by atoms with van der Waals surface area (Å²) in [6.45, 7) is 0.538. The van der Waals surface area contributed by atoms with Crippen LogP contribution in [0.2, 0.25) is 0 Å². The summed E-state index contributed by atoms with van der Waals surface area (Å²) in [7, 11) is 0. The topological polar surface area (TPSA) is 26.0 Å². The molecule has 10 rings (SSSR count). The lowest BCUT2D eigenvalue weighted by atomic mass is 9.69. The molecule has 0 saturated heterocycles. The molecule has 0 amide bonds. The van der Waals surface area contributed by atoms with E-state index >= 15 is 0 Å². The maximum Gasteiger partial charge on any atom is 0.0731 e. The van der Waals surface area contributed by atoms with Gasteiger partial charge in [-0.2, -0.15) is 0 Å². The van der Waals surface area contributed by atoms with Crippen molar-refractivity contribution in [2.45, 2.75) is 12.0 Å². The molecule has 1 spiro atoms. The Morgan fingerprint density at radius 3 is 1.78 bits per heavy atom. The van der Waals surface area contributed by atoms with Crippen LogP contribution in [0.3, 0.4) is 0 Å². The Kier molecular flexibility index (Phi) is 4.99. The molecule has 0 bridgehead atoms. The molecule has 210 valence electrons. The van der Waals surface area contributed by atoms with Gasteiger partial charge >= 0.3 is 0 Å². The van der Waals surface area contributed by atoms with Gasteiger partial charge < -0.3 is 5.73 Å². The highest BCUT2D eigenvalue weighted by Gasteiger charge is 2.53. The molecule has 1 nitrogen and oxygen atoms in total. The fraction of sp³-hybridized carbons (Fsp3) is 0.0455. The summed E-state index contributed by atoms with van der Waals surface area (Å²) in [6, 6.07) is 56.7. The molecule has 0 fully saturated rings. The summed E-state index contributed by atoms with van der Waals surface area (Å²) in [4.78, 5) is 0. The zero-order chi connectivity index (χ0) is 29.7. The molecule has 8 aromatic rings. The third-order valence-electron chi connectivity index (χ3n) is 10.4. The van der Waals surface area contributed by atoms with Gasteiger partial charge in [0.05, 0.1) is 5.41 Å². The number of rotatable bonds is 2. The van der Waals surface area contributed by atoms with Crippen molar-refractivity contribution in [3.05, 3.63) is 179 Å². The summed E-state index contributed by atoms with van der Waals surface area (Å²) in [5, 5.41) is 7.79. The normalized spacial score (nSPS) is 13.7. The third-order valence-corrected chi connectivity index (χ3v) is 10.4. The fourth-order valence-corrected chi connectivity index (χ4v) is 8.61. The van der Waals surface area contributed by atoms with Crippen molar-refractivity contribution < 1.29 is 0 Å². The highest BCUT2D eigenvalue weighted by Crippen LogP contribution is 2.65. The molecule has 0 saturated carbocycles. The highest BCUT2D eigenvalue weighted by atomic mass is 14.5. The lowest BCUT2D eigenvalue weighted by Crippen LogP contribution is -2.26. The average Bonchev–Trinajstić information content (AvgIpc) is 3.58. The summed E-state index contributed by atoms with van der Waals surface area (Å²) in [6.07, 6.45) is 0. The first kappa shape index (κ1) is 24.9.